The van der Waals surface area contributed by atoms with Gasteiger partial charge in [-0.3, -0.25) is 24.0 Å². The Morgan fingerprint density at radius 1 is 0.697 bits per heavy atom. The van der Waals surface area contributed by atoms with Gasteiger partial charge < -0.3 is 46.9 Å². The van der Waals surface area contributed by atoms with E-state index in [1.807, 2.05) is 0 Å². The van der Waals surface area contributed by atoms with Crippen LogP contribution in [0.3, 0.4) is 0 Å². The molecule has 0 saturated carbocycles. The third kappa shape index (κ3) is 19.6. The molecule has 0 aromatic heterocycles. The Bertz CT molecular complexity index is 557. The smallest absolute Gasteiger partial charge is 0.222 e. The Balaban J connectivity index is 4.30. The van der Waals surface area contributed by atoms with Gasteiger partial charge in [0.15, 0.2) is 0 Å². The van der Waals surface area contributed by atoms with Crippen LogP contribution >= 0.6 is 0 Å². The van der Waals surface area contributed by atoms with Crippen molar-refractivity contribution in [3.8, 4) is 0 Å². The van der Waals surface area contributed by atoms with Crippen LogP contribution in [0.2, 0.25) is 0 Å². The Hall–Kier alpha value is -2.81. The van der Waals surface area contributed by atoms with Gasteiger partial charge in [-0.2, -0.15) is 0 Å². The summed E-state index contributed by atoms with van der Waals surface area (Å²) in [5.74, 6) is -0.990. The molecular weight excluding hydrogens is 440 g/mol. The molecule has 0 aliphatic rings. The predicted molar refractivity (Wildman–Crippen MR) is 117 cm³/mol. The standard InChI is InChI=1S/C19H36N6O8/c20-16(28)1-8-31-11-19(21,12-32-9-2-17(29)24-6-4-22-14-26)13-33-10-3-18(30)25-7-5-23-15-27/h14-15H,1-13,21H2,(H2,20,28)(H,22,26)(H,23,27)(H,24,29)(H,25,30). The quantitative estimate of drug-likeness (QED) is 0.0627. The summed E-state index contributed by atoms with van der Waals surface area (Å²) in [6.07, 6.45) is 1.32. The number of hydrogen-bond donors (Lipinski definition) is 6. The van der Waals surface area contributed by atoms with Crippen molar-refractivity contribution >= 4 is 30.5 Å². The summed E-state index contributed by atoms with van der Waals surface area (Å²) >= 11 is 0. The van der Waals surface area contributed by atoms with Crippen molar-refractivity contribution in [3.05, 3.63) is 0 Å². The molecule has 0 aliphatic carbocycles. The monoisotopic (exact) mass is 476 g/mol. The van der Waals surface area contributed by atoms with Gasteiger partial charge in [-0.15, -0.1) is 0 Å². The number of nitrogens with two attached hydrogens (primary N) is 2. The van der Waals surface area contributed by atoms with Crippen LogP contribution in [-0.2, 0) is 38.2 Å². The zero-order valence-electron chi connectivity index (χ0n) is 18.8. The highest BCUT2D eigenvalue weighted by Gasteiger charge is 2.27. The van der Waals surface area contributed by atoms with Crippen LogP contribution in [0.4, 0.5) is 0 Å². The average molecular weight is 477 g/mol. The van der Waals surface area contributed by atoms with Crippen molar-refractivity contribution in [1.29, 1.82) is 0 Å². The van der Waals surface area contributed by atoms with Crippen molar-refractivity contribution in [1.82, 2.24) is 21.3 Å². The fourth-order valence-corrected chi connectivity index (χ4v) is 2.30. The minimum atomic E-state index is -1.08. The van der Waals surface area contributed by atoms with E-state index in [-0.39, 0.29) is 70.7 Å². The molecule has 0 aliphatic heterocycles. The second-order valence-electron chi connectivity index (χ2n) is 7.08. The first-order valence-electron chi connectivity index (χ1n) is 10.5. The summed E-state index contributed by atoms with van der Waals surface area (Å²) in [5, 5.41) is 10.1. The van der Waals surface area contributed by atoms with E-state index in [1.54, 1.807) is 0 Å². The number of nitrogens with one attached hydrogen (secondary N) is 4. The third-order valence-corrected chi connectivity index (χ3v) is 3.96. The SMILES string of the molecule is NC(=O)CCOCC(N)(COCCC(=O)NCCNC=O)COCCC(=O)NCCNC=O. The fraction of sp³-hybridized carbons (Fsp3) is 0.737. The molecule has 0 saturated heterocycles. The van der Waals surface area contributed by atoms with Crippen molar-refractivity contribution in [2.24, 2.45) is 11.5 Å². The second-order valence-corrected chi connectivity index (χ2v) is 7.08. The number of hydrogen-bond acceptors (Lipinski definition) is 9. The highest BCUT2D eigenvalue weighted by atomic mass is 16.5. The molecule has 0 rings (SSSR count). The lowest BCUT2D eigenvalue weighted by Crippen LogP contribution is -2.53. The zero-order valence-corrected chi connectivity index (χ0v) is 18.8. The van der Waals surface area contributed by atoms with Crippen LogP contribution in [0, 0.1) is 0 Å². The molecule has 0 aromatic rings. The summed E-state index contributed by atoms with van der Waals surface area (Å²) < 4.78 is 16.4. The molecule has 0 radical (unpaired) electrons. The lowest BCUT2D eigenvalue weighted by atomic mass is 10.1. The van der Waals surface area contributed by atoms with Gasteiger partial charge in [-0.1, -0.05) is 0 Å². The molecule has 0 atom stereocenters. The van der Waals surface area contributed by atoms with Gasteiger partial charge in [0.2, 0.25) is 30.5 Å². The molecule has 14 nitrogen and oxygen atoms in total. The molecule has 0 fully saturated rings. The normalized spacial score (nSPS) is 10.8. The first-order valence-corrected chi connectivity index (χ1v) is 10.5. The van der Waals surface area contributed by atoms with Crippen molar-refractivity contribution in [3.63, 3.8) is 0 Å². The minimum Gasteiger partial charge on any atom is -0.379 e. The molecule has 8 N–H and O–H groups in total. The van der Waals surface area contributed by atoms with Gasteiger partial charge in [0.05, 0.1) is 45.2 Å². The molecule has 14 heteroatoms. The minimum absolute atomic E-state index is 0.00705. The summed E-state index contributed by atoms with van der Waals surface area (Å²) in [7, 11) is 0. The van der Waals surface area contributed by atoms with E-state index in [4.69, 9.17) is 25.7 Å². The van der Waals surface area contributed by atoms with Crippen LogP contribution in [-0.4, -0.2) is 102 Å². The summed E-state index contributed by atoms with van der Waals surface area (Å²) in [5.41, 5.74) is 10.3. The average Bonchev–Trinajstić information content (AvgIpc) is 2.78. The van der Waals surface area contributed by atoms with E-state index in [1.165, 1.54) is 0 Å². The van der Waals surface area contributed by atoms with E-state index < -0.39 is 11.4 Å². The van der Waals surface area contributed by atoms with E-state index in [9.17, 15) is 24.0 Å². The van der Waals surface area contributed by atoms with Gasteiger partial charge in [0.25, 0.3) is 0 Å². The first kappa shape index (κ1) is 30.2. The van der Waals surface area contributed by atoms with Crippen LogP contribution in [0.5, 0.6) is 0 Å². The Kier molecular flexibility index (Phi) is 18.2. The van der Waals surface area contributed by atoms with E-state index in [2.05, 4.69) is 21.3 Å². The Morgan fingerprint density at radius 2 is 1.09 bits per heavy atom. The number of amides is 5. The number of ether oxygens (including phenoxy) is 3. The van der Waals surface area contributed by atoms with Gasteiger partial charge in [-0.05, 0) is 0 Å². The highest BCUT2D eigenvalue weighted by molar-refractivity contribution is 5.76. The molecule has 0 aromatic carbocycles. The number of carbonyl (C=O) groups is 5. The lowest BCUT2D eigenvalue weighted by molar-refractivity contribution is -0.122. The molecule has 0 unspecified atom stereocenters. The van der Waals surface area contributed by atoms with E-state index in [0.29, 0.717) is 39.0 Å². The van der Waals surface area contributed by atoms with Gasteiger partial charge in [-0.25, -0.2) is 0 Å². The number of carbonyl (C=O) groups excluding carboxylic acids is 5. The largest absolute Gasteiger partial charge is 0.379 e. The summed E-state index contributed by atoms with van der Waals surface area (Å²) in [4.78, 5) is 54.5. The number of rotatable bonds is 23. The maximum Gasteiger partial charge on any atom is 0.222 e. The molecular formula is C19H36N6O8. The van der Waals surface area contributed by atoms with Crippen LogP contribution < -0.4 is 32.7 Å². The van der Waals surface area contributed by atoms with E-state index >= 15 is 0 Å². The molecule has 5 amide bonds. The van der Waals surface area contributed by atoms with Crippen molar-refractivity contribution < 1.29 is 38.2 Å². The lowest BCUT2D eigenvalue weighted by Gasteiger charge is -2.29. The molecule has 190 valence electrons. The number of primary amides is 1. The maximum atomic E-state index is 11.7. The Labute approximate surface area is 192 Å². The topological polar surface area (TPSA) is 213 Å². The third-order valence-electron chi connectivity index (χ3n) is 3.96. The molecule has 0 spiro atoms. The molecule has 0 heterocycles. The highest BCUT2D eigenvalue weighted by Crippen LogP contribution is 2.06. The van der Waals surface area contributed by atoms with Crippen LogP contribution in [0.15, 0.2) is 0 Å². The Morgan fingerprint density at radius 3 is 1.45 bits per heavy atom. The zero-order chi connectivity index (χ0) is 24.8. The van der Waals surface area contributed by atoms with Gasteiger partial charge in [0, 0.05) is 45.4 Å². The molecule has 33 heavy (non-hydrogen) atoms. The second kappa shape index (κ2) is 19.8. The maximum absolute atomic E-state index is 11.7. The first-order chi connectivity index (χ1) is 15.8. The van der Waals surface area contributed by atoms with E-state index in [0.717, 1.165) is 0 Å². The molecule has 0 bridgehead atoms. The van der Waals surface area contributed by atoms with Gasteiger partial charge in [0.1, 0.15) is 0 Å². The predicted octanol–water partition coefficient (Wildman–Crippen LogP) is -3.89. The van der Waals surface area contributed by atoms with Crippen molar-refractivity contribution in [2.45, 2.75) is 24.8 Å². The van der Waals surface area contributed by atoms with Crippen LogP contribution in [0.1, 0.15) is 19.3 Å². The summed E-state index contributed by atoms with van der Waals surface area (Å²) in [6.45, 7) is 1.58. The fourth-order valence-electron chi connectivity index (χ4n) is 2.30. The van der Waals surface area contributed by atoms with Crippen molar-refractivity contribution in [2.75, 3.05) is 65.8 Å². The van der Waals surface area contributed by atoms with Crippen LogP contribution in [0.25, 0.3) is 0 Å². The van der Waals surface area contributed by atoms with Gasteiger partial charge >= 0.3 is 0 Å². The summed E-state index contributed by atoms with van der Waals surface area (Å²) in [6, 6.07) is 0.